The molecule has 2 atom stereocenters. The zero-order valence-electron chi connectivity index (χ0n) is 9.40. The van der Waals surface area contributed by atoms with Crippen molar-refractivity contribution in [2.45, 2.75) is 18.9 Å². The number of esters is 1. The van der Waals surface area contributed by atoms with Crippen LogP contribution < -0.4 is 11.1 Å². The van der Waals surface area contributed by atoms with Gasteiger partial charge in [0, 0.05) is 19.0 Å². The number of nitrogens with two attached hydrogens (primary N) is 1. The molecule has 0 aromatic heterocycles. The maximum Gasteiger partial charge on any atom is 0.305 e. The highest BCUT2D eigenvalue weighted by atomic mass is 16.5. The third kappa shape index (κ3) is 3.79. The third-order valence-electron chi connectivity index (χ3n) is 2.55. The first-order chi connectivity index (χ1) is 7.65. The topological polar surface area (TPSA) is 90.6 Å². The van der Waals surface area contributed by atoms with Gasteiger partial charge >= 0.3 is 5.97 Å². The van der Waals surface area contributed by atoms with Crippen LogP contribution in [0.25, 0.3) is 0 Å². The summed E-state index contributed by atoms with van der Waals surface area (Å²) in [6.07, 6.45) is 0.880. The molecule has 6 nitrogen and oxygen atoms in total. The van der Waals surface area contributed by atoms with Gasteiger partial charge in [-0.3, -0.25) is 9.59 Å². The first-order valence-electron chi connectivity index (χ1n) is 5.33. The largest absolute Gasteiger partial charge is 0.469 e. The molecule has 0 aromatic rings. The van der Waals surface area contributed by atoms with Gasteiger partial charge < -0.3 is 20.5 Å². The quantitative estimate of drug-likeness (QED) is 0.468. The Kier molecular flexibility index (Phi) is 5.21. The van der Waals surface area contributed by atoms with E-state index in [2.05, 4.69) is 10.1 Å². The lowest BCUT2D eigenvalue weighted by molar-refractivity contribution is -0.140. The molecule has 1 aliphatic heterocycles. The summed E-state index contributed by atoms with van der Waals surface area (Å²) in [5.41, 5.74) is 5.69. The predicted octanol–water partition coefficient (Wildman–Crippen LogP) is -0.970. The van der Waals surface area contributed by atoms with Crippen molar-refractivity contribution < 1.29 is 19.1 Å². The zero-order valence-corrected chi connectivity index (χ0v) is 9.40. The van der Waals surface area contributed by atoms with E-state index in [1.165, 1.54) is 7.11 Å². The van der Waals surface area contributed by atoms with Crippen LogP contribution in [0.5, 0.6) is 0 Å². The fraction of sp³-hybridized carbons (Fsp3) is 0.800. The van der Waals surface area contributed by atoms with Gasteiger partial charge in [-0.2, -0.15) is 0 Å². The van der Waals surface area contributed by atoms with Gasteiger partial charge in [0.05, 0.1) is 26.2 Å². The first-order valence-corrected chi connectivity index (χ1v) is 5.33. The monoisotopic (exact) mass is 230 g/mol. The molecule has 1 amide bonds. The summed E-state index contributed by atoms with van der Waals surface area (Å²) in [7, 11) is 1.34. The van der Waals surface area contributed by atoms with Crippen molar-refractivity contribution in [3.05, 3.63) is 0 Å². The maximum absolute atomic E-state index is 11.6. The second-order valence-corrected chi connectivity index (χ2v) is 3.78. The number of carbonyl (C=O) groups excluding carboxylic acids is 2. The minimum atomic E-state index is -0.268. The molecular weight excluding hydrogens is 212 g/mol. The van der Waals surface area contributed by atoms with E-state index in [-0.39, 0.29) is 23.8 Å². The summed E-state index contributed by atoms with van der Waals surface area (Å²) in [6.45, 7) is 1.27. The van der Waals surface area contributed by atoms with Crippen LogP contribution in [0.15, 0.2) is 0 Å². The van der Waals surface area contributed by atoms with Crippen LogP contribution in [0.2, 0.25) is 0 Å². The SMILES string of the molecule is COC(=O)CCCNC(=O)C1COCC1N. The van der Waals surface area contributed by atoms with Gasteiger partial charge in [0.1, 0.15) is 0 Å². The highest BCUT2D eigenvalue weighted by Gasteiger charge is 2.30. The van der Waals surface area contributed by atoms with Crippen molar-refractivity contribution >= 4 is 11.9 Å². The Balaban J connectivity index is 2.13. The van der Waals surface area contributed by atoms with Crippen LogP contribution in [0.4, 0.5) is 0 Å². The molecule has 16 heavy (non-hydrogen) atoms. The highest BCUT2D eigenvalue weighted by Crippen LogP contribution is 2.11. The van der Waals surface area contributed by atoms with Crippen molar-refractivity contribution in [3.8, 4) is 0 Å². The minimum Gasteiger partial charge on any atom is -0.469 e. The van der Waals surface area contributed by atoms with Crippen LogP contribution in [0, 0.1) is 5.92 Å². The van der Waals surface area contributed by atoms with Crippen molar-refractivity contribution in [2.24, 2.45) is 11.7 Å². The van der Waals surface area contributed by atoms with E-state index in [9.17, 15) is 9.59 Å². The van der Waals surface area contributed by atoms with E-state index in [0.717, 1.165) is 0 Å². The molecular formula is C10H18N2O4. The lowest BCUT2D eigenvalue weighted by Gasteiger charge is -2.12. The molecule has 1 fully saturated rings. The van der Waals surface area contributed by atoms with Crippen molar-refractivity contribution in [2.75, 3.05) is 26.9 Å². The predicted molar refractivity (Wildman–Crippen MR) is 56.5 cm³/mol. The van der Waals surface area contributed by atoms with Gasteiger partial charge in [-0.1, -0.05) is 0 Å². The molecule has 6 heteroatoms. The van der Waals surface area contributed by atoms with Crippen LogP contribution in [-0.2, 0) is 19.1 Å². The molecule has 3 N–H and O–H groups in total. The van der Waals surface area contributed by atoms with Gasteiger partial charge in [-0.05, 0) is 6.42 Å². The summed E-state index contributed by atoms with van der Waals surface area (Å²) in [5.74, 6) is -0.636. The van der Waals surface area contributed by atoms with Gasteiger partial charge in [0.2, 0.25) is 5.91 Å². The third-order valence-corrected chi connectivity index (χ3v) is 2.55. The van der Waals surface area contributed by atoms with E-state index < -0.39 is 0 Å². The standard InChI is InChI=1S/C10H18N2O4/c1-15-9(13)3-2-4-12-10(14)7-5-16-6-8(7)11/h7-8H,2-6,11H2,1H3,(H,12,14). The van der Waals surface area contributed by atoms with Crippen molar-refractivity contribution in [1.29, 1.82) is 0 Å². The lowest BCUT2D eigenvalue weighted by atomic mass is 10.0. The van der Waals surface area contributed by atoms with Crippen LogP contribution >= 0.6 is 0 Å². The summed E-state index contributed by atoms with van der Waals surface area (Å²) in [4.78, 5) is 22.4. The van der Waals surface area contributed by atoms with E-state index in [4.69, 9.17) is 10.5 Å². The van der Waals surface area contributed by atoms with Gasteiger partial charge in [-0.25, -0.2) is 0 Å². The Bertz CT molecular complexity index is 257. The summed E-state index contributed by atoms with van der Waals surface area (Å²) >= 11 is 0. The van der Waals surface area contributed by atoms with Crippen LogP contribution in [-0.4, -0.2) is 44.8 Å². The molecule has 0 radical (unpaired) electrons. The number of rotatable bonds is 5. The molecule has 0 bridgehead atoms. The molecule has 0 aliphatic carbocycles. The second kappa shape index (κ2) is 6.44. The van der Waals surface area contributed by atoms with E-state index in [0.29, 0.717) is 32.6 Å². The number of methoxy groups -OCH3 is 1. The van der Waals surface area contributed by atoms with Crippen LogP contribution in [0.1, 0.15) is 12.8 Å². The maximum atomic E-state index is 11.6. The molecule has 2 unspecified atom stereocenters. The number of hydrogen-bond acceptors (Lipinski definition) is 5. The number of amides is 1. The van der Waals surface area contributed by atoms with E-state index >= 15 is 0 Å². The number of hydrogen-bond donors (Lipinski definition) is 2. The number of nitrogens with one attached hydrogen (secondary N) is 1. The average molecular weight is 230 g/mol. The average Bonchev–Trinajstić information content (AvgIpc) is 2.70. The van der Waals surface area contributed by atoms with Gasteiger partial charge in [0.15, 0.2) is 0 Å². The zero-order chi connectivity index (χ0) is 12.0. The Morgan fingerprint density at radius 1 is 1.50 bits per heavy atom. The Morgan fingerprint density at radius 3 is 2.81 bits per heavy atom. The smallest absolute Gasteiger partial charge is 0.305 e. The van der Waals surface area contributed by atoms with Gasteiger partial charge in [-0.15, -0.1) is 0 Å². The lowest BCUT2D eigenvalue weighted by Crippen LogP contribution is -2.41. The Morgan fingerprint density at radius 2 is 2.25 bits per heavy atom. The molecule has 0 saturated carbocycles. The summed E-state index contributed by atoms with van der Waals surface area (Å²) in [5, 5.41) is 2.73. The van der Waals surface area contributed by atoms with Crippen molar-refractivity contribution in [3.63, 3.8) is 0 Å². The minimum absolute atomic E-state index is 0.102. The summed E-state index contributed by atoms with van der Waals surface area (Å²) in [6, 6.07) is -0.222. The van der Waals surface area contributed by atoms with Crippen molar-refractivity contribution in [1.82, 2.24) is 5.32 Å². The Hall–Kier alpha value is -1.14. The number of carbonyl (C=O) groups is 2. The fourth-order valence-electron chi connectivity index (χ4n) is 1.52. The fourth-order valence-corrected chi connectivity index (χ4v) is 1.52. The molecule has 1 rings (SSSR count). The summed E-state index contributed by atoms with van der Waals surface area (Å²) < 4.78 is 9.57. The second-order valence-electron chi connectivity index (χ2n) is 3.78. The molecule has 0 spiro atoms. The first kappa shape index (κ1) is 12.9. The normalized spacial score (nSPS) is 24.1. The molecule has 1 heterocycles. The van der Waals surface area contributed by atoms with Crippen LogP contribution in [0.3, 0.4) is 0 Å². The number of ether oxygens (including phenoxy) is 2. The molecule has 1 saturated heterocycles. The van der Waals surface area contributed by atoms with Gasteiger partial charge in [0.25, 0.3) is 0 Å². The van der Waals surface area contributed by atoms with E-state index in [1.807, 2.05) is 0 Å². The highest BCUT2D eigenvalue weighted by molar-refractivity contribution is 5.79. The molecule has 0 aromatic carbocycles. The molecule has 1 aliphatic rings. The molecule has 92 valence electrons. The Labute approximate surface area is 94.5 Å². The van der Waals surface area contributed by atoms with E-state index in [1.54, 1.807) is 0 Å².